The first kappa shape index (κ1) is 19.6. The van der Waals surface area contributed by atoms with E-state index >= 15 is 0 Å². The summed E-state index contributed by atoms with van der Waals surface area (Å²) in [6, 6.07) is 16.4. The largest absolute Gasteiger partial charge is 0.338 e. The predicted octanol–water partition coefficient (Wildman–Crippen LogP) is 3.08. The van der Waals surface area contributed by atoms with Crippen LogP contribution in [0.5, 0.6) is 0 Å². The fourth-order valence-corrected chi connectivity index (χ4v) is 4.25. The highest BCUT2D eigenvalue weighted by Gasteiger charge is 2.23. The van der Waals surface area contributed by atoms with E-state index in [9.17, 15) is 9.59 Å². The second kappa shape index (κ2) is 8.78. The third-order valence-corrected chi connectivity index (χ3v) is 5.87. The summed E-state index contributed by atoms with van der Waals surface area (Å²) >= 11 is 0. The van der Waals surface area contributed by atoms with Gasteiger partial charge in [0, 0.05) is 57.8 Å². The first-order valence-electron chi connectivity index (χ1n) is 10.5. The van der Waals surface area contributed by atoms with Gasteiger partial charge in [-0.3, -0.25) is 14.5 Å². The molecular formula is C24H29N3O2. The molecule has 5 nitrogen and oxygen atoms in total. The molecule has 29 heavy (non-hydrogen) atoms. The molecule has 2 aliphatic heterocycles. The molecule has 0 unspecified atom stereocenters. The molecule has 0 spiro atoms. The molecule has 0 saturated carbocycles. The predicted molar refractivity (Wildman–Crippen MR) is 113 cm³/mol. The third-order valence-electron chi connectivity index (χ3n) is 5.87. The van der Waals surface area contributed by atoms with Gasteiger partial charge in [-0.1, -0.05) is 42.0 Å². The zero-order chi connectivity index (χ0) is 20.2. The second-order valence-corrected chi connectivity index (χ2v) is 8.18. The summed E-state index contributed by atoms with van der Waals surface area (Å²) in [6.07, 6.45) is 1.58. The first-order chi connectivity index (χ1) is 14.1. The monoisotopic (exact) mass is 391 g/mol. The molecule has 0 radical (unpaired) electrons. The average molecular weight is 392 g/mol. The molecular weight excluding hydrogens is 362 g/mol. The number of amides is 2. The van der Waals surface area contributed by atoms with Gasteiger partial charge >= 0.3 is 0 Å². The van der Waals surface area contributed by atoms with Crippen molar-refractivity contribution in [1.29, 1.82) is 0 Å². The minimum atomic E-state index is 0.0924. The highest BCUT2D eigenvalue weighted by Crippen LogP contribution is 2.17. The van der Waals surface area contributed by atoms with Crippen LogP contribution in [-0.2, 0) is 17.9 Å². The number of likely N-dealkylation sites (tertiary alicyclic amines) is 1. The van der Waals surface area contributed by atoms with Gasteiger partial charge in [0.25, 0.3) is 5.91 Å². The van der Waals surface area contributed by atoms with E-state index in [0.717, 1.165) is 56.8 Å². The Morgan fingerprint density at radius 2 is 1.62 bits per heavy atom. The number of hydrogen-bond donors (Lipinski definition) is 0. The molecule has 0 N–H and O–H groups in total. The Morgan fingerprint density at radius 3 is 2.31 bits per heavy atom. The van der Waals surface area contributed by atoms with Gasteiger partial charge in [-0.05, 0) is 36.6 Å². The Balaban J connectivity index is 1.33. The van der Waals surface area contributed by atoms with Crippen molar-refractivity contribution in [3.8, 4) is 0 Å². The lowest BCUT2D eigenvalue weighted by molar-refractivity contribution is -0.128. The van der Waals surface area contributed by atoms with Crippen LogP contribution in [0.15, 0.2) is 48.5 Å². The van der Waals surface area contributed by atoms with Crippen LogP contribution in [0.25, 0.3) is 0 Å². The second-order valence-electron chi connectivity index (χ2n) is 8.18. The quantitative estimate of drug-likeness (QED) is 0.787. The van der Waals surface area contributed by atoms with Crippen molar-refractivity contribution in [2.45, 2.75) is 32.9 Å². The van der Waals surface area contributed by atoms with E-state index in [1.54, 1.807) is 0 Å². The van der Waals surface area contributed by atoms with E-state index in [4.69, 9.17) is 0 Å². The molecule has 0 aromatic heterocycles. The number of rotatable bonds is 5. The fourth-order valence-electron chi connectivity index (χ4n) is 4.25. The lowest BCUT2D eigenvalue weighted by Gasteiger charge is -2.35. The van der Waals surface area contributed by atoms with Crippen LogP contribution < -0.4 is 0 Å². The summed E-state index contributed by atoms with van der Waals surface area (Å²) in [7, 11) is 0. The van der Waals surface area contributed by atoms with Gasteiger partial charge in [-0.25, -0.2) is 0 Å². The maximum absolute atomic E-state index is 13.0. The Labute approximate surface area is 172 Å². The van der Waals surface area contributed by atoms with E-state index in [-0.39, 0.29) is 11.8 Å². The van der Waals surface area contributed by atoms with Crippen LogP contribution in [0.3, 0.4) is 0 Å². The van der Waals surface area contributed by atoms with E-state index < -0.39 is 0 Å². The van der Waals surface area contributed by atoms with Crippen LogP contribution in [0.1, 0.15) is 39.9 Å². The molecule has 2 aromatic rings. The summed E-state index contributed by atoms with van der Waals surface area (Å²) in [5.41, 5.74) is 4.37. The highest BCUT2D eigenvalue weighted by molar-refractivity contribution is 5.94. The van der Waals surface area contributed by atoms with Crippen molar-refractivity contribution in [1.82, 2.24) is 14.7 Å². The van der Waals surface area contributed by atoms with Gasteiger partial charge in [-0.2, -0.15) is 0 Å². The molecule has 2 amide bonds. The summed E-state index contributed by atoms with van der Waals surface area (Å²) in [6.45, 7) is 7.75. The molecule has 2 saturated heterocycles. The lowest BCUT2D eigenvalue weighted by atomic mass is 10.1. The van der Waals surface area contributed by atoms with Crippen molar-refractivity contribution in [2.24, 2.45) is 0 Å². The standard InChI is InChI=1S/C24H29N3O2/c1-19-5-2-6-20(15-19)17-25-11-13-26(14-12-25)24(29)22-8-3-7-21(16-22)18-27-10-4-9-23(27)28/h2-3,5-8,15-16H,4,9-14,17-18H2,1H3. The molecule has 2 fully saturated rings. The molecule has 4 rings (SSSR count). The van der Waals surface area contributed by atoms with Gasteiger partial charge in [0.2, 0.25) is 5.91 Å². The number of carbonyl (C=O) groups excluding carboxylic acids is 2. The van der Waals surface area contributed by atoms with E-state index in [2.05, 4.69) is 36.1 Å². The SMILES string of the molecule is Cc1cccc(CN2CCN(C(=O)c3cccc(CN4CCCC4=O)c3)CC2)c1. The topological polar surface area (TPSA) is 43.9 Å². The molecule has 0 bridgehead atoms. The van der Waals surface area contributed by atoms with Crippen LogP contribution in [0, 0.1) is 6.92 Å². The van der Waals surface area contributed by atoms with E-state index in [1.807, 2.05) is 34.1 Å². The van der Waals surface area contributed by atoms with Crippen LogP contribution in [0.4, 0.5) is 0 Å². The molecule has 2 heterocycles. The van der Waals surface area contributed by atoms with E-state index in [0.29, 0.717) is 13.0 Å². The normalized spacial score (nSPS) is 17.8. The van der Waals surface area contributed by atoms with Crippen molar-refractivity contribution in [3.05, 3.63) is 70.8 Å². The molecule has 2 aliphatic rings. The molecule has 152 valence electrons. The Hall–Kier alpha value is -2.66. The Kier molecular flexibility index (Phi) is 5.95. The van der Waals surface area contributed by atoms with Gasteiger partial charge in [-0.15, -0.1) is 0 Å². The lowest BCUT2D eigenvalue weighted by Crippen LogP contribution is -2.48. The summed E-state index contributed by atoms with van der Waals surface area (Å²) in [5, 5.41) is 0. The summed E-state index contributed by atoms with van der Waals surface area (Å²) in [5.74, 6) is 0.307. The van der Waals surface area contributed by atoms with Crippen LogP contribution in [0.2, 0.25) is 0 Å². The molecule has 2 aromatic carbocycles. The zero-order valence-corrected chi connectivity index (χ0v) is 17.1. The summed E-state index contributed by atoms with van der Waals surface area (Å²) < 4.78 is 0. The minimum absolute atomic E-state index is 0.0924. The Bertz CT molecular complexity index is 887. The van der Waals surface area contributed by atoms with E-state index in [1.165, 1.54) is 11.1 Å². The van der Waals surface area contributed by atoms with Crippen molar-refractivity contribution >= 4 is 11.8 Å². The molecule has 0 aliphatic carbocycles. The van der Waals surface area contributed by atoms with Crippen molar-refractivity contribution in [3.63, 3.8) is 0 Å². The zero-order valence-electron chi connectivity index (χ0n) is 17.1. The minimum Gasteiger partial charge on any atom is -0.338 e. The van der Waals surface area contributed by atoms with Crippen LogP contribution in [-0.4, -0.2) is 59.2 Å². The number of nitrogens with zero attached hydrogens (tertiary/aromatic N) is 3. The fraction of sp³-hybridized carbons (Fsp3) is 0.417. The maximum atomic E-state index is 13.0. The van der Waals surface area contributed by atoms with Gasteiger partial charge in [0.05, 0.1) is 0 Å². The first-order valence-corrected chi connectivity index (χ1v) is 10.5. The molecule has 0 atom stereocenters. The number of carbonyl (C=O) groups is 2. The number of aryl methyl sites for hydroxylation is 1. The van der Waals surface area contributed by atoms with Crippen LogP contribution >= 0.6 is 0 Å². The average Bonchev–Trinajstić information content (AvgIpc) is 3.13. The highest BCUT2D eigenvalue weighted by atomic mass is 16.2. The smallest absolute Gasteiger partial charge is 0.253 e. The van der Waals surface area contributed by atoms with Gasteiger partial charge in [0.15, 0.2) is 0 Å². The van der Waals surface area contributed by atoms with Gasteiger partial charge < -0.3 is 9.80 Å². The van der Waals surface area contributed by atoms with Crippen molar-refractivity contribution < 1.29 is 9.59 Å². The number of benzene rings is 2. The third kappa shape index (κ3) is 4.85. The Morgan fingerprint density at radius 1 is 0.897 bits per heavy atom. The number of piperazine rings is 1. The van der Waals surface area contributed by atoms with Crippen molar-refractivity contribution in [2.75, 3.05) is 32.7 Å². The summed E-state index contributed by atoms with van der Waals surface area (Å²) in [4.78, 5) is 31.1. The number of hydrogen-bond acceptors (Lipinski definition) is 3. The maximum Gasteiger partial charge on any atom is 0.253 e. The molecule has 5 heteroatoms. The van der Waals surface area contributed by atoms with Gasteiger partial charge in [0.1, 0.15) is 0 Å².